The minimum absolute atomic E-state index is 0.00607. The van der Waals surface area contributed by atoms with E-state index in [-0.39, 0.29) is 23.4 Å². The summed E-state index contributed by atoms with van der Waals surface area (Å²) in [4.78, 5) is 28.1. The molecule has 3 fully saturated rings. The molecule has 10 heteroatoms. The molecule has 32 heavy (non-hydrogen) atoms. The van der Waals surface area contributed by atoms with Crippen LogP contribution in [0.4, 0.5) is 19.0 Å². The Morgan fingerprint density at radius 1 is 1.16 bits per heavy atom. The fourth-order valence-corrected chi connectivity index (χ4v) is 6.09. The minimum atomic E-state index is -4.42. The van der Waals surface area contributed by atoms with Crippen LogP contribution in [0.2, 0.25) is 0 Å². The molecule has 3 aromatic heterocycles. The van der Waals surface area contributed by atoms with Crippen molar-refractivity contribution in [3.8, 4) is 10.7 Å². The fourth-order valence-electron chi connectivity index (χ4n) is 5.44. The van der Waals surface area contributed by atoms with Gasteiger partial charge in [0.25, 0.3) is 5.91 Å². The fraction of sp³-hybridized carbons (Fsp3) is 0.364. The van der Waals surface area contributed by atoms with Crippen LogP contribution in [0.1, 0.15) is 28.8 Å². The summed E-state index contributed by atoms with van der Waals surface area (Å²) in [5.41, 5.74) is 0.454. The number of piperidine rings is 1. The lowest BCUT2D eigenvalue weighted by molar-refractivity contribution is -0.137. The Kier molecular flexibility index (Phi) is 4.14. The number of carbonyl (C=O) groups excluding carboxylic acids is 1. The van der Waals surface area contributed by atoms with Crippen molar-refractivity contribution >= 4 is 23.1 Å². The number of thiazole rings is 1. The van der Waals surface area contributed by atoms with E-state index in [1.807, 2.05) is 10.3 Å². The third-order valence-electron chi connectivity index (χ3n) is 6.96. The molecule has 4 heterocycles. The van der Waals surface area contributed by atoms with Gasteiger partial charge in [0.1, 0.15) is 16.5 Å². The summed E-state index contributed by atoms with van der Waals surface area (Å²) >= 11 is 1.43. The van der Waals surface area contributed by atoms with Crippen LogP contribution in [0, 0.1) is 11.3 Å². The molecular formula is C22H18F3N5OS. The summed E-state index contributed by atoms with van der Waals surface area (Å²) < 4.78 is 38.4. The number of amides is 1. The van der Waals surface area contributed by atoms with Crippen molar-refractivity contribution in [1.29, 1.82) is 0 Å². The van der Waals surface area contributed by atoms with E-state index in [0.717, 1.165) is 25.1 Å². The van der Waals surface area contributed by atoms with Gasteiger partial charge in [0.2, 0.25) is 0 Å². The smallest absolute Gasteiger partial charge is 0.365 e. The first-order valence-electron chi connectivity index (χ1n) is 10.3. The first-order chi connectivity index (χ1) is 15.4. The second-order valence-electron chi connectivity index (χ2n) is 8.66. The maximum atomic E-state index is 13.6. The van der Waals surface area contributed by atoms with Crippen LogP contribution in [0.25, 0.3) is 10.7 Å². The molecular weight excluding hydrogens is 439 g/mol. The van der Waals surface area contributed by atoms with Crippen molar-refractivity contribution in [2.45, 2.75) is 31.1 Å². The van der Waals surface area contributed by atoms with Crippen LogP contribution in [0.3, 0.4) is 0 Å². The van der Waals surface area contributed by atoms with Gasteiger partial charge in [0.05, 0.1) is 17.2 Å². The van der Waals surface area contributed by atoms with E-state index < -0.39 is 11.7 Å². The number of hydrogen-bond donors (Lipinski definition) is 1. The van der Waals surface area contributed by atoms with Crippen LogP contribution < -0.4 is 5.32 Å². The van der Waals surface area contributed by atoms with E-state index in [9.17, 15) is 18.0 Å². The Labute approximate surface area is 185 Å². The van der Waals surface area contributed by atoms with Crippen molar-refractivity contribution in [1.82, 2.24) is 19.9 Å². The number of hydrogen-bond acceptors (Lipinski definition) is 6. The predicted octanol–water partition coefficient (Wildman–Crippen LogP) is 4.33. The lowest BCUT2D eigenvalue weighted by atomic mass is 9.71. The molecule has 1 amide bonds. The summed E-state index contributed by atoms with van der Waals surface area (Å²) in [7, 11) is 0. The third-order valence-corrected chi connectivity index (χ3v) is 7.74. The first-order valence-corrected chi connectivity index (χ1v) is 11.2. The average molecular weight is 457 g/mol. The number of alkyl halides is 3. The molecule has 3 aliphatic rings. The van der Waals surface area contributed by atoms with Gasteiger partial charge < -0.3 is 10.2 Å². The summed E-state index contributed by atoms with van der Waals surface area (Å²) in [6.45, 7) is 0.689. The predicted molar refractivity (Wildman–Crippen MR) is 112 cm³/mol. The third kappa shape index (κ3) is 2.92. The van der Waals surface area contributed by atoms with Gasteiger partial charge in [-0.3, -0.25) is 9.78 Å². The zero-order chi connectivity index (χ0) is 22.1. The minimum Gasteiger partial charge on any atom is -0.365 e. The van der Waals surface area contributed by atoms with E-state index in [1.54, 1.807) is 24.5 Å². The Balaban J connectivity index is 1.24. The largest absolute Gasteiger partial charge is 0.417 e. The van der Waals surface area contributed by atoms with Gasteiger partial charge in [-0.1, -0.05) is 0 Å². The highest BCUT2D eigenvalue weighted by Gasteiger charge is 2.75. The van der Waals surface area contributed by atoms with Gasteiger partial charge >= 0.3 is 6.18 Å². The Morgan fingerprint density at radius 2 is 2.03 bits per heavy atom. The number of likely N-dealkylation sites (tertiary alicyclic amines) is 1. The van der Waals surface area contributed by atoms with Crippen molar-refractivity contribution in [2.75, 3.05) is 11.9 Å². The molecule has 3 aromatic rings. The normalized spacial score (nSPS) is 28.0. The summed E-state index contributed by atoms with van der Waals surface area (Å²) in [6, 6.07) is 5.85. The molecule has 2 saturated carbocycles. The molecule has 6 nitrogen and oxygen atoms in total. The van der Waals surface area contributed by atoms with Crippen molar-refractivity contribution in [3.05, 3.63) is 59.4 Å². The summed E-state index contributed by atoms with van der Waals surface area (Å²) in [5.74, 6) is 0.793. The topological polar surface area (TPSA) is 71.0 Å². The van der Waals surface area contributed by atoms with E-state index in [2.05, 4.69) is 20.3 Å². The molecule has 4 atom stereocenters. The van der Waals surface area contributed by atoms with Gasteiger partial charge in [0, 0.05) is 36.6 Å². The number of pyridine rings is 2. The number of anilines is 1. The summed E-state index contributed by atoms with van der Waals surface area (Å²) in [5, 5.41) is 5.81. The van der Waals surface area contributed by atoms with Gasteiger partial charge in [-0.15, -0.1) is 11.3 Å². The molecule has 1 spiro atoms. The number of aromatic nitrogens is 3. The molecule has 6 rings (SSSR count). The molecule has 2 aliphatic carbocycles. The van der Waals surface area contributed by atoms with Gasteiger partial charge in [-0.2, -0.15) is 13.2 Å². The van der Waals surface area contributed by atoms with Crippen LogP contribution in [0.15, 0.2) is 48.2 Å². The van der Waals surface area contributed by atoms with E-state index in [4.69, 9.17) is 0 Å². The lowest BCUT2D eigenvalue weighted by Crippen LogP contribution is -2.60. The van der Waals surface area contributed by atoms with E-state index in [0.29, 0.717) is 34.5 Å². The maximum Gasteiger partial charge on any atom is 0.417 e. The molecule has 1 aliphatic heterocycles. The van der Waals surface area contributed by atoms with Crippen LogP contribution in [-0.2, 0) is 6.18 Å². The molecule has 4 unspecified atom stereocenters. The second-order valence-corrected chi connectivity index (χ2v) is 9.55. The lowest BCUT2D eigenvalue weighted by Gasteiger charge is -2.48. The van der Waals surface area contributed by atoms with Crippen LogP contribution >= 0.6 is 11.3 Å². The standard InChI is InChI=1S/C22H18F3N5OS/c23-22(24,25)12-3-4-16(28-10-12)29-15-9-21-8-13(21)11-30(18(15)21)20(31)14-2-1-5-26-17(14)19-27-6-7-32-19/h1-7,10,13,15,18H,8-9,11H2,(H,28,29). The van der Waals surface area contributed by atoms with Crippen LogP contribution in [-0.4, -0.2) is 44.4 Å². The monoisotopic (exact) mass is 457 g/mol. The van der Waals surface area contributed by atoms with E-state index in [1.165, 1.54) is 17.4 Å². The molecule has 1 N–H and O–H groups in total. The van der Waals surface area contributed by atoms with Crippen molar-refractivity contribution < 1.29 is 18.0 Å². The SMILES string of the molecule is O=C(c1cccnc1-c1nccs1)N1CC2CC23CC(Nc2ccc(C(F)(F)F)cn2)C13. The quantitative estimate of drug-likeness (QED) is 0.631. The Hall–Kier alpha value is -3.01. The average Bonchev–Trinajstić information content (AvgIpc) is 3.14. The Bertz CT molecular complexity index is 1180. The molecule has 164 valence electrons. The number of rotatable bonds is 4. The highest BCUT2D eigenvalue weighted by atomic mass is 32.1. The molecule has 0 bridgehead atoms. The number of nitrogens with zero attached hydrogens (tertiary/aromatic N) is 4. The highest BCUT2D eigenvalue weighted by Crippen LogP contribution is 2.71. The Morgan fingerprint density at radius 3 is 2.75 bits per heavy atom. The van der Waals surface area contributed by atoms with Crippen LogP contribution in [0.5, 0.6) is 0 Å². The number of carbonyl (C=O) groups is 1. The highest BCUT2D eigenvalue weighted by molar-refractivity contribution is 7.13. The number of halogens is 3. The van der Waals surface area contributed by atoms with Gasteiger partial charge in [-0.05, 0) is 48.4 Å². The molecule has 0 aromatic carbocycles. The second kappa shape index (κ2) is 6.74. The molecule has 1 saturated heterocycles. The van der Waals surface area contributed by atoms with E-state index >= 15 is 0 Å². The van der Waals surface area contributed by atoms with Gasteiger partial charge in [-0.25, -0.2) is 9.97 Å². The van der Waals surface area contributed by atoms with Crippen molar-refractivity contribution in [2.24, 2.45) is 11.3 Å². The zero-order valence-electron chi connectivity index (χ0n) is 16.7. The summed E-state index contributed by atoms with van der Waals surface area (Å²) in [6.07, 6.45) is 1.74. The first kappa shape index (κ1) is 19.7. The molecule has 0 radical (unpaired) electrons. The maximum absolute atomic E-state index is 13.6. The van der Waals surface area contributed by atoms with Gasteiger partial charge in [0.15, 0.2) is 0 Å². The number of nitrogens with one attached hydrogen (secondary N) is 1. The zero-order valence-corrected chi connectivity index (χ0v) is 17.5. The van der Waals surface area contributed by atoms with Crippen molar-refractivity contribution in [3.63, 3.8) is 0 Å².